The van der Waals surface area contributed by atoms with Crippen LogP contribution in [0.2, 0.25) is 5.02 Å². The fourth-order valence-corrected chi connectivity index (χ4v) is 2.91. The first-order valence-corrected chi connectivity index (χ1v) is 8.32. The first kappa shape index (κ1) is 16.8. The van der Waals surface area contributed by atoms with Crippen LogP contribution < -0.4 is 5.32 Å². The Hall–Kier alpha value is -0.610. The van der Waals surface area contributed by atoms with E-state index < -0.39 is 0 Å². The van der Waals surface area contributed by atoms with Crippen molar-refractivity contribution >= 4 is 11.6 Å². The molecular weight excluding hydrogens is 282 g/mol. The summed E-state index contributed by atoms with van der Waals surface area (Å²) < 4.78 is 0. The van der Waals surface area contributed by atoms with E-state index in [0.717, 1.165) is 11.6 Å². The molecule has 118 valence electrons. The number of hydrogen-bond acceptors (Lipinski definition) is 3. The summed E-state index contributed by atoms with van der Waals surface area (Å²) in [5.74, 6) is 0.670. The van der Waals surface area contributed by atoms with Crippen LogP contribution in [0, 0.1) is 5.92 Å². The van der Waals surface area contributed by atoms with Gasteiger partial charge in [0.05, 0.1) is 0 Å². The highest BCUT2D eigenvalue weighted by Crippen LogP contribution is 2.16. The van der Waals surface area contributed by atoms with E-state index in [-0.39, 0.29) is 0 Å². The molecule has 1 aromatic carbocycles. The SMILES string of the molecule is C[C@H](CN[C@H](C)c1ccc(Cl)cc1)CN1CCN(C)CC1. The summed E-state index contributed by atoms with van der Waals surface area (Å²) in [6, 6.07) is 8.50. The Kier molecular flexibility index (Phi) is 6.49. The van der Waals surface area contributed by atoms with Crippen molar-refractivity contribution in [1.82, 2.24) is 15.1 Å². The Morgan fingerprint density at radius 3 is 2.33 bits per heavy atom. The number of piperazine rings is 1. The number of hydrogen-bond donors (Lipinski definition) is 1. The van der Waals surface area contributed by atoms with E-state index >= 15 is 0 Å². The van der Waals surface area contributed by atoms with Gasteiger partial charge in [0.2, 0.25) is 0 Å². The van der Waals surface area contributed by atoms with Gasteiger partial charge in [0.1, 0.15) is 0 Å². The Labute approximate surface area is 134 Å². The van der Waals surface area contributed by atoms with Crippen LogP contribution in [0.15, 0.2) is 24.3 Å². The second kappa shape index (κ2) is 8.14. The van der Waals surface area contributed by atoms with Gasteiger partial charge in [0, 0.05) is 43.8 Å². The monoisotopic (exact) mass is 309 g/mol. The molecule has 1 aliphatic heterocycles. The molecule has 4 heteroatoms. The molecule has 0 saturated carbocycles. The standard InChI is InChI=1S/C17H28ClN3/c1-14(13-21-10-8-20(3)9-11-21)12-19-15(2)16-4-6-17(18)7-5-16/h4-7,14-15,19H,8-13H2,1-3H3/t14-,15-/m1/s1. The normalized spacial score (nSPS) is 20.4. The van der Waals surface area contributed by atoms with Crippen LogP contribution in [0.1, 0.15) is 25.5 Å². The van der Waals surface area contributed by atoms with Gasteiger partial charge in [0.25, 0.3) is 0 Å². The van der Waals surface area contributed by atoms with Gasteiger partial charge in [-0.1, -0.05) is 30.7 Å². The third-order valence-electron chi connectivity index (χ3n) is 4.31. The zero-order valence-corrected chi connectivity index (χ0v) is 14.2. The van der Waals surface area contributed by atoms with Gasteiger partial charge in [-0.05, 0) is 44.1 Å². The van der Waals surface area contributed by atoms with E-state index in [0.29, 0.717) is 12.0 Å². The molecule has 1 aromatic rings. The third kappa shape index (κ3) is 5.59. The van der Waals surface area contributed by atoms with Crippen molar-refractivity contribution in [2.75, 3.05) is 46.3 Å². The molecule has 0 unspecified atom stereocenters. The van der Waals surface area contributed by atoms with E-state index in [9.17, 15) is 0 Å². The van der Waals surface area contributed by atoms with Crippen LogP contribution in [0.4, 0.5) is 0 Å². The second-order valence-electron chi connectivity index (χ2n) is 6.39. The molecule has 0 radical (unpaired) electrons. The lowest BCUT2D eigenvalue weighted by Crippen LogP contribution is -2.46. The zero-order valence-electron chi connectivity index (χ0n) is 13.5. The summed E-state index contributed by atoms with van der Waals surface area (Å²) in [5, 5.41) is 4.44. The molecular formula is C17H28ClN3. The third-order valence-corrected chi connectivity index (χ3v) is 4.56. The maximum absolute atomic E-state index is 5.93. The van der Waals surface area contributed by atoms with Gasteiger partial charge in [0.15, 0.2) is 0 Å². The molecule has 0 aromatic heterocycles. The molecule has 1 aliphatic rings. The number of likely N-dealkylation sites (N-methyl/N-ethyl adjacent to an activating group) is 1. The van der Waals surface area contributed by atoms with Gasteiger partial charge in [-0.3, -0.25) is 0 Å². The second-order valence-corrected chi connectivity index (χ2v) is 6.83. The fourth-order valence-electron chi connectivity index (χ4n) is 2.78. The molecule has 2 rings (SSSR count). The zero-order chi connectivity index (χ0) is 15.2. The summed E-state index contributed by atoms with van der Waals surface area (Å²) >= 11 is 5.93. The lowest BCUT2D eigenvalue weighted by atomic mass is 10.1. The summed E-state index contributed by atoms with van der Waals surface area (Å²) in [4.78, 5) is 4.99. The van der Waals surface area contributed by atoms with Crippen molar-refractivity contribution < 1.29 is 0 Å². The average Bonchev–Trinajstić information content (AvgIpc) is 2.48. The van der Waals surface area contributed by atoms with Crippen LogP contribution in [-0.4, -0.2) is 56.1 Å². The van der Waals surface area contributed by atoms with Crippen molar-refractivity contribution in [1.29, 1.82) is 0 Å². The van der Waals surface area contributed by atoms with Gasteiger partial charge in [-0.25, -0.2) is 0 Å². The van der Waals surface area contributed by atoms with Crippen molar-refractivity contribution in [2.24, 2.45) is 5.92 Å². The highest BCUT2D eigenvalue weighted by molar-refractivity contribution is 6.30. The molecule has 2 atom stereocenters. The van der Waals surface area contributed by atoms with Crippen LogP contribution in [0.3, 0.4) is 0 Å². The largest absolute Gasteiger partial charge is 0.310 e. The highest BCUT2D eigenvalue weighted by atomic mass is 35.5. The number of benzene rings is 1. The molecule has 1 saturated heterocycles. The molecule has 1 fully saturated rings. The Bertz CT molecular complexity index is 413. The molecule has 0 aliphatic carbocycles. The van der Waals surface area contributed by atoms with Gasteiger partial charge < -0.3 is 15.1 Å². The maximum Gasteiger partial charge on any atom is 0.0406 e. The minimum atomic E-state index is 0.372. The molecule has 3 nitrogen and oxygen atoms in total. The van der Waals surface area contributed by atoms with Gasteiger partial charge >= 0.3 is 0 Å². The first-order chi connectivity index (χ1) is 10.0. The van der Waals surface area contributed by atoms with E-state index in [1.807, 2.05) is 12.1 Å². The minimum Gasteiger partial charge on any atom is -0.310 e. The molecule has 0 bridgehead atoms. The quantitative estimate of drug-likeness (QED) is 0.872. The Balaban J connectivity index is 1.70. The van der Waals surface area contributed by atoms with Crippen LogP contribution in [0.25, 0.3) is 0 Å². The summed E-state index contributed by atoms with van der Waals surface area (Å²) in [6.07, 6.45) is 0. The predicted octanol–water partition coefficient (Wildman–Crippen LogP) is 2.87. The average molecular weight is 310 g/mol. The molecule has 0 amide bonds. The summed E-state index contributed by atoms with van der Waals surface area (Å²) in [5.41, 5.74) is 1.30. The van der Waals surface area contributed by atoms with E-state index in [4.69, 9.17) is 11.6 Å². The predicted molar refractivity (Wildman–Crippen MR) is 91.0 cm³/mol. The summed E-state index contributed by atoms with van der Waals surface area (Å²) in [6.45, 7) is 11.6. The summed E-state index contributed by atoms with van der Waals surface area (Å²) in [7, 11) is 2.20. The number of halogens is 1. The molecule has 1 N–H and O–H groups in total. The van der Waals surface area contributed by atoms with Crippen molar-refractivity contribution in [3.63, 3.8) is 0 Å². The maximum atomic E-state index is 5.93. The van der Waals surface area contributed by atoms with Gasteiger partial charge in [-0.2, -0.15) is 0 Å². The van der Waals surface area contributed by atoms with Crippen LogP contribution in [-0.2, 0) is 0 Å². The number of nitrogens with zero attached hydrogens (tertiary/aromatic N) is 2. The fraction of sp³-hybridized carbons (Fsp3) is 0.647. The smallest absolute Gasteiger partial charge is 0.0406 e. The molecule has 0 spiro atoms. The van der Waals surface area contributed by atoms with E-state index in [2.05, 4.69) is 48.1 Å². The van der Waals surface area contributed by atoms with Crippen molar-refractivity contribution in [3.8, 4) is 0 Å². The Morgan fingerprint density at radius 1 is 1.10 bits per heavy atom. The minimum absolute atomic E-state index is 0.372. The number of nitrogens with one attached hydrogen (secondary N) is 1. The van der Waals surface area contributed by atoms with Gasteiger partial charge in [-0.15, -0.1) is 0 Å². The topological polar surface area (TPSA) is 18.5 Å². The lowest BCUT2D eigenvalue weighted by molar-refractivity contribution is 0.138. The van der Waals surface area contributed by atoms with E-state index in [1.54, 1.807) is 0 Å². The molecule has 21 heavy (non-hydrogen) atoms. The van der Waals surface area contributed by atoms with Crippen molar-refractivity contribution in [2.45, 2.75) is 19.9 Å². The first-order valence-electron chi connectivity index (χ1n) is 7.94. The lowest BCUT2D eigenvalue weighted by Gasteiger charge is -2.34. The van der Waals surface area contributed by atoms with E-state index in [1.165, 1.54) is 38.3 Å². The number of rotatable bonds is 6. The van der Waals surface area contributed by atoms with Crippen LogP contribution >= 0.6 is 11.6 Å². The van der Waals surface area contributed by atoms with Crippen LogP contribution in [0.5, 0.6) is 0 Å². The van der Waals surface area contributed by atoms with Crippen molar-refractivity contribution in [3.05, 3.63) is 34.9 Å². The Morgan fingerprint density at radius 2 is 1.71 bits per heavy atom. The molecule has 1 heterocycles. The highest BCUT2D eigenvalue weighted by Gasteiger charge is 2.16.